The first-order valence-corrected chi connectivity index (χ1v) is 10.5. The predicted octanol–water partition coefficient (Wildman–Crippen LogP) is 6.26. The highest BCUT2D eigenvalue weighted by Gasteiger charge is 2.47. The molecule has 2 atom stereocenters. The van der Waals surface area contributed by atoms with Crippen molar-refractivity contribution in [3.8, 4) is 0 Å². The van der Waals surface area contributed by atoms with Crippen LogP contribution in [0.2, 0.25) is 10.2 Å². The fourth-order valence-corrected chi connectivity index (χ4v) is 4.00. The maximum atomic E-state index is 13.8. The van der Waals surface area contributed by atoms with Crippen LogP contribution in [0.4, 0.5) is 24.7 Å². The molecule has 0 fully saturated rings. The maximum Gasteiger partial charge on any atom is 0.410 e. The summed E-state index contributed by atoms with van der Waals surface area (Å²) in [5.41, 5.74) is 0.480. The Morgan fingerprint density at radius 1 is 1.23 bits per heavy atom. The number of carbonyl (C=O) groups excluding carboxylic acids is 1. The van der Waals surface area contributed by atoms with Gasteiger partial charge in [0.15, 0.2) is 16.9 Å². The first-order chi connectivity index (χ1) is 14.6. The summed E-state index contributed by atoms with van der Waals surface area (Å²) in [5.74, 6) is -0.879. The molecule has 1 aliphatic rings. The van der Waals surface area contributed by atoms with E-state index in [9.17, 15) is 18.0 Å². The van der Waals surface area contributed by atoms with E-state index < -0.39 is 24.2 Å². The Balaban J connectivity index is 1.71. The fourth-order valence-electron chi connectivity index (χ4n) is 3.31. The summed E-state index contributed by atoms with van der Waals surface area (Å²) in [6.07, 6.45) is -3.48. The second kappa shape index (κ2) is 8.33. The number of fused-ring (bicyclic) bond motifs is 1. The summed E-state index contributed by atoms with van der Waals surface area (Å²) in [7, 11) is 0. The highest BCUT2D eigenvalue weighted by Crippen LogP contribution is 2.46. The molecule has 4 rings (SSSR count). The quantitative estimate of drug-likeness (QED) is 0.389. The molecular weight excluding hydrogens is 522 g/mol. The molecule has 6 nitrogen and oxygen atoms in total. The van der Waals surface area contributed by atoms with Crippen LogP contribution in [0.25, 0.3) is 0 Å². The summed E-state index contributed by atoms with van der Waals surface area (Å²) >= 11 is 15.5. The molecule has 0 radical (unpaired) electrons. The van der Waals surface area contributed by atoms with E-state index in [2.05, 4.69) is 36.6 Å². The molecule has 2 aromatic heterocycles. The summed E-state index contributed by atoms with van der Waals surface area (Å²) in [5, 5.41) is 9.16. The van der Waals surface area contributed by atoms with Crippen molar-refractivity contribution >= 4 is 56.5 Å². The minimum Gasteiger partial charge on any atom is -0.362 e. The minimum atomic E-state index is -4.60. The number of hydrogen-bond donors (Lipinski definition) is 2. The monoisotopic (exact) mass is 533 g/mol. The van der Waals surface area contributed by atoms with Crippen LogP contribution in [0, 0.1) is 0 Å². The Labute approximate surface area is 192 Å². The van der Waals surface area contributed by atoms with Crippen molar-refractivity contribution in [3.05, 3.63) is 68.5 Å². The number of nitrogens with one attached hydrogen (secondary N) is 2. The molecule has 0 aliphatic carbocycles. The van der Waals surface area contributed by atoms with Gasteiger partial charge in [0.2, 0.25) is 0 Å². The zero-order valence-corrected chi connectivity index (χ0v) is 18.5. The first kappa shape index (κ1) is 21.9. The SMILES string of the molecule is O=C(Nc1cccnc1Cl)c1nn2c(c1Cl)N[C@@H](c1ccc(Br)cc1)C[C@H]2C(F)(F)F. The van der Waals surface area contributed by atoms with Crippen LogP contribution in [-0.4, -0.2) is 26.8 Å². The van der Waals surface area contributed by atoms with E-state index in [-0.39, 0.29) is 33.8 Å². The van der Waals surface area contributed by atoms with Gasteiger partial charge in [0.1, 0.15) is 10.8 Å². The summed E-state index contributed by atoms with van der Waals surface area (Å²) < 4.78 is 43.1. The normalized spacial score (nSPS) is 18.3. The molecule has 31 heavy (non-hydrogen) atoms. The third-order valence-corrected chi connectivity index (χ3v) is 5.98. The van der Waals surface area contributed by atoms with Gasteiger partial charge in [-0.1, -0.05) is 51.3 Å². The number of benzene rings is 1. The average Bonchev–Trinajstić information content (AvgIpc) is 3.05. The van der Waals surface area contributed by atoms with Gasteiger partial charge < -0.3 is 10.6 Å². The number of pyridine rings is 1. The van der Waals surface area contributed by atoms with E-state index in [1.807, 2.05) is 0 Å². The Kier molecular flexibility index (Phi) is 5.89. The minimum absolute atomic E-state index is 0.0255. The lowest BCUT2D eigenvalue weighted by Crippen LogP contribution is -2.35. The standard InChI is InChI=1S/C19H13BrCl2F3N5O/c20-10-5-3-9(4-6-10)12-8-13(19(23,24)25)30-17(27-12)14(21)15(29-30)18(31)28-11-2-1-7-26-16(11)22/h1-7,12-13,27H,8H2,(H,28,31)/t12-,13+/m1/s1. The molecule has 2 N–H and O–H groups in total. The predicted molar refractivity (Wildman–Crippen MR) is 115 cm³/mol. The Hall–Kier alpha value is -2.30. The third kappa shape index (κ3) is 4.37. The molecule has 0 unspecified atom stereocenters. The molecule has 0 bridgehead atoms. The number of halogens is 6. The van der Waals surface area contributed by atoms with E-state index in [1.165, 1.54) is 12.3 Å². The number of carbonyl (C=O) groups is 1. The number of anilines is 2. The molecule has 0 spiro atoms. The maximum absolute atomic E-state index is 13.8. The van der Waals surface area contributed by atoms with Crippen LogP contribution in [0.3, 0.4) is 0 Å². The number of rotatable bonds is 3. The molecule has 1 aliphatic heterocycles. The van der Waals surface area contributed by atoms with Crippen molar-refractivity contribution in [1.29, 1.82) is 0 Å². The largest absolute Gasteiger partial charge is 0.410 e. The molecule has 0 saturated carbocycles. The molecule has 1 aromatic carbocycles. The van der Waals surface area contributed by atoms with E-state index in [0.717, 1.165) is 9.15 Å². The smallest absolute Gasteiger partial charge is 0.362 e. The van der Waals surface area contributed by atoms with E-state index >= 15 is 0 Å². The average molecular weight is 535 g/mol. The zero-order valence-electron chi connectivity index (χ0n) is 15.4. The van der Waals surface area contributed by atoms with Gasteiger partial charge in [0.05, 0.1) is 11.7 Å². The highest BCUT2D eigenvalue weighted by atomic mass is 79.9. The lowest BCUT2D eigenvalue weighted by atomic mass is 9.97. The molecule has 1 amide bonds. The molecule has 3 aromatic rings. The molecule has 0 saturated heterocycles. The zero-order chi connectivity index (χ0) is 22.3. The van der Waals surface area contributed by atoms with E-state index in [0.29, 0.717) is 5.56 Å². The number of hydrogen-bond acceptors (Lipinski definition) is 4. The van der Waals surface area contributed by atoms with Crippen LogP contribution >= 0.6 is 39.1 Å². The van der Waals surface area contributed by atoms with E-state index in [4.69, 9.17) is 23.2 Å². The van der Waals surface area contributed by atoms with Crippen molar-refractivity contribution in [3.63, 3.8) is 0 Å². The Morgan fingerprint density at radius 3 is 2.58 bits per heavy atom. The number of amides is 1. The van der Waals surface area contributed by atoms with Crippen molar-refractivity contribution in [2.24, 2.45) is 0 Å². The molecular formula is C19H13BrCl2F3N5O. The van der Waals surface area contributed by atoms with Gasteiger partial charge >= 0.3 is 6.18 Å². The number of nitrogens with zero attached hydrogens (tertiary/aromatic N) is 3. The molecule has 162 valence electrons. The van der Waals surface area contributed by atoms with Gasteiger partial charge in [0, 0.05) is 17.1 Å². The summed E-state index contributed by atoms with van der Waals surface area (Å²) in [4.78, 5) is 16.5. The third-order valence-electron chi connectivity index (χ3n) is 4.79. The first-order valence-electron chi connectivity index (χ1n) is 8.93. The van der Waals surface area contributed by atoms with Gasteiger partial charge in [-0.3, -0.25) is 4.79 Å². The van der Waals surface area contributed by atoms with Gasteiger partial charge in [-0.25, -0.2) is 9.67 Å². The van der Waals surface area contributed by atoms with E-state index in [1.54, 1.807) is 30.3 Å². The highest BCUT2D eigenvalue weighted by molar-refractivity contribution is 9.10. The molecule has 12 heteroatoms. The second-order valence-corrected chi connectivity index (χ2v) is 8.44. The van der Waals surface area contributed by atoms with Crippen molar-refractivity contribution in [2.45, 2.75) is 24.7 Å². The van der Waals surface area contributed by atoms with Crippen molar-refractivity contribution < 1.29 is 18.0 Å². The van der Waals surface area contributed by atoms with Crippen LogP contribution in [0.1, 0.15) is 34.6 Å². The van der Waals surface area contributed by atoms with Crippen molar-refractivity contribution in [2.75, 3.05) is 10.6 Å². The Morgan fingerprint density at radius 2 is 1.94 bits per heavy atom. The van der Waals surface area contributed by atoms with Crippen LogP contribution in [0.5, 0.6) is 0 Å². The fraction of sp³-hybridized carbons (Fsp3) is 0.211. The summed E-state index contributed by atoms with van der Waals surface area (Å²) in [6.45, 7) is 0. The van der Waals surface area contributed by atoms with Gasteiger partial charge in [0.25, 0.3) is 5.91 Å². The lowest BCUT2D eigenvalue weighted by Gasteiger charge is -2.33. The van der Waals surface area contributed by atoms with Crippen LogP contribution in [0.15, 0.2) is 47.1 Å². The second-order valence-electron chi connectivity index (χ2n) is 6.79. The summed E-state index contributed by atoms with van der Waals surface area (Å²) in [6, 6.07) is 7.32. The Bertz CT molecular complexity index is 1140. The topological polar surface area (TPSA) is 71.8 Å². The number of alkyl halides is 3. The van der Waals surface area contributed by atoms with Gasteiger partial charge in [-0.05, 0) is 29.8 Å². The number of aromatic nitrogens is 3. The van der Waals surface area contributed by atoms with Gasteiger partial charge in [-0.2, -0.15) is 18.3 Å². The van der Waals surface area contributed by atoms with Crippen molar-refractivity contribution in [1.82, 2.24) is 14.8 Å². The van der Waals surface area contributed by atoms with Gasteiger partial charge in [-0.15, -0.1) is 0 Å². The van der Waals surface area contributed by atoms with Crippen LogP contribution in [-0.2, 0) is 0 Å². The van der Waals surface area contributed by atoms with Crippen LogP contribution < -0.4 is 10.6 Å². The lowest BCUT2D eigenvalue weighted by molar-refractivity contribution is -0.173. The molecule has 3 heterocycles.